The molecule has 0 aliphatic rings. The molecule has 1 rings (SSSR count). The fourth-order valence-corrected chi connectivity index (χ4v) is 1.58. The molecule has 0 unspecified atom stereocenters. The van der Waals surface area contributed by atoms with Gasteiger partial charge in [-0.25, -0.2) is 0 Å². The SMILES string of the molecule is NNCc1cc(Br)ccc1Br. The minimum Gasteiger partial charge on any atom is -0.271 e. The number of hydrazine groups is 1. The number of nitrogens with two attached hydrogens (primary N) is 1. The first kappa shape index (κ1) is 9.19. The molecule has 0 aliphatic carbocycles. The molecule has 0 atom stereocenters. The fraction of sp³-hybridized carbons (Fsp3) is 0.143. The third kappa shape index (κ3) is 2.56. The highest BCUT2D eigenvalue weighted by Crippen LogP contribution is 2.20. The molecule has 0 aliphatic heterocycles. The summed E-state index contributed by atoms with van der Waals surface area (Å²) in [6, 6.07) is 5.98. The standard InChI is InChI=1S/C7H8Br2N2/c8-6-1-2-7(9)5(3-6)4-11-10/h1-3,11H,4,10H2. The van der Waals surface area contributed by atoms with E-state index in [-0.39, 0.29) is 0 Å². The first-order valence-corrected chi connectivity index (χ1v) is 4.70. The Morgan fingerprint density at radius 3 is 2.73 bits per heavy atom. The highest BCUT2D eigenvalue weighted by Gasteiger charge is 1.98. The van der Waals surface area contributed by atoms with Gasteiger partial charge in [0.1, 0.15) is 0 Å². The predicted molar refractivity (Wildman–Crippen MR) is 52.9 cm³/mol. The van der Waals surface area contributed by atoms with E-state index in [0.717, 1.165) is 14.5 Å². The second-order valence-electron chi connectivity index (χ2n) is 2.12. The van der Waals surface area contributed by atoms with Gasteiger partial charge in [-0.3, -0.25) is 11.3 Å². The van der Waals surface area contributed by atoms with Gasteiger partial charge in [-0.15, -0.1) is 0 Å². The summed E-state index contributed by atoms with van der Waals surface area (Å²) >= 11 is 6.79. The number of nitrogens with one attached hydrogen (secondary N) is 1. The molecular weight excluding hydrogens is 272 g/mol. The van der Waals surface area contributed by atoms with Crippen molar-refractivity contribution in [1.29, 1.82) is 0 Å². The zero-order valence-electron chi connectivity index (χ0n) is 5.77. The van der Waals surface area contributed by atoms with Gasteiger partial charge in [0.05, 0.1) is 0 Å². The second-order valence-corrected chi connectivity index (χ2v) is 3.89. The van der Waals surface area contributed by atoms with E-state index in [1.807, 2.05) is 18.2 Å². The summed E-state index contributed by atoms with van der Waals surface area (Å²) in [6.07, 6.45) is 0. The van der Waals surface area contributed by atoms with Gasteiger partial charge in [0, 0.05) is 15.5 Å². The van der Waals surface area contributed by atoms with Crippen LogP contribution in [0.1, 0.15) is 5.56 Å². The zero-order valence-corrected chi connectivity index (χ0v) is 8.94. The maximum Gasteiger partial charge on any atom is 0.0360 e. The number of halogens is 2. The molecule has 2 nitrogen and oxygen atoms in total. The van der Waals surface area contributed by atoms with Crippen molar-refractivity contribution in [3.8, 4) is 0 Å². The van der Waals surface area contributed by atoms with Gasteiger partial charge in [-0.1, -0.05) is 31.9 Å². The van der Waals surface area contributed by atoms with Crippen LogP contribution in [-0.4, -0.2) is 0 Å². The molecule has 1 aromatic carbocycles. The largest absolute Gasteiger partial charge is 0.271 e. The Morgan fingerprint density at radius 2 is 2.09 bits per heavy atom. The first-order valence-electron chi connectivity index (χ1n) is 3.11. The van der Waals surface area contributed by atoms with Crippen molar-refractivity contribution >= 4 is 31.9 Å². The lowest BCUT2D eigenvalue weighted by Crippen LogP contribution is -2.20. The van der Waals surface area contributed by atoms with Crippen molar-refractivity contribution in [3.05, 3.63) is 32.7 Å². The second kappa shape index (κ2) is 4.21. The van der Waals surface area contributed by atoms with Crippen LogP contribution in [0.25, 0.3) is 0 Å². The minimum absolute atomic E-state index is 0.667. The van der Waals surface area contributed by atoms with Crippen LogP contribution < -0.4 is 11.3 Å². The number of benzene rings is 1. The lowest BCUT2D eigenvalue weighted by molar-refractivity contribution is 0.738. The maximum absolute atomic E-state index is 5.19. The van der Waals surface area contributed by atoms with Crippen LogP contribution in [-0.2, 0) is 6.54 Å². The van der Waals surface area contributed by atoms with E-state index in [0.29, 0.717) is 6.54 Å². The lowest BCUT2D eigenvalue weighted by atomic mass is 10.2. The molecular formula is C7H8Br2N2. The van der Waals surface area contributed by atoms with Crippen molar-refractivity contribution < 1.29 is 0 Å². The van der Waals surface area contributed by atoms with Crippen molar-refractivity contribution in [3.63, 3.8) is 0 Å². The zero-order chi connectivity index (χ0) is 8.27. The molecule has 4 heteroatoms. The monoisotopic (exact) mass is 278 g/mol. The Kier molecular flexibility index (Phi) is 3.51. The van der Waals surface area contributed by atoms with Gasteiger partial charge in [-0.2, -0.15) is 0 Å². The van der Waals surface area contributed by atoms with E-state index in [2.05, 4.69) is 37.3 Å². The van der Waals surface area contributed by atoms with Crippen LogP contribution in [0, 0.1) is 0 Å². The molecule has 0 aromatic heterocycles. The van der Waals surface area contributed by atoms with Crippen LogP contribution in [0.15, 0.2) is 27.1 Å². The van der Waals surface area contributed by atoms with Crippen LogP contribution >= 0.6 is 31.9 Å². The number of hydrogen-bond donors (Lipinski definition) is 2. The summed E-state index contributed by atoms with van der Waals surface area (Å²) in [6.45, 7) is 0.667. The van der Waals surface area contributed by atoms with Gasteiger partial charge in [0.25, 0.3) is 0 Å². The summed E-state index contributed by atoms with van der Waals surface area (Å²) < 4.78 is 2.13. The Balaban J connectivity index is 2.93. The van der Waals surface area contributed by atoms with Crippen molar-refractivity contribution in [2.75, 3.05) is 0 Å². The fourth-order valence-electron chi connectivity index (χ4n) is 0.789. The summed E-state index contributed by atoms with van der Waals surface area (Å²) in [5.41, 5.74) is 3.74. The van der Waals surface area contributed by atoms with Crippen molar-refractivity contribution in [1.82, 2.24) is 5.43 Å². The summed E-state index contributed by atoms with van der Waals surface area (Å²) in [5, 5.41) is 0. The van der Waals surface area contributed by atoms with Crippen LogP contribution in [0.2, 0.25) is 0 Å². The Hall–Kier alpha value is 0.1000. The molecule has 0 amide bonds. The van der Waals surface area contributed by atoms with E-state index in [9.17, 15) is 0 Å². The normalized spacial score (nSPS) is 10.1. The Bertz CT molecular complexity index is 250. The summed E-state index contributed by atoms with van der Waals surface area (Å²) in [7, 11) is 0. The number of hydrogen-bond acceptors (Lipinski definition) is 2. The molecule has 11 heavy (non-hydrogen) atoms. The Morgan fingerprint density at radius 1 is 1.36 bits per heavy atom. The van der Waals surface area contributed by atoms with Gasteiger partial charge in [0.2, 0.25) is 0 Å². The van der Waals surface area contributed by atoms with E-state index in [1.54, 1.807) is 0 Å². The molecule has 1 aromatic rings. The molecule has 60 valence electrons. The summed E-state index contributed by atoms with van der Waals surface area (Å²) in [4.78, 5) is 0. The maximum atomic E-state index is 5.19. The highest BCUT2D eigenvalue weighted by molar-refractivity contribution is 9.11. The van der Waals surface area contributed by atoms with Gasteiger partial charge in [0.15, 0.2) is 0 Å². The van der Waals surface area contributed by atoms with Gasteiger partial charge in [-0.05, 0) is 23.8 Å². The molecule has 0 saturated heterocycles. The van der Waals surface area contributed by atoms with E-state index < -0.39 is 0 Å². The highest BCUT2D eigenvalue weighted by atomic mass is 79.9. The summed E-state index contributed by atoms with van der Waals surface area (Å²) in [5.74, 6) is 5.19. The van der Waals surface area contributed by atoms with Crippen LogP contribution in [0.3, 0.4) is 0 Å². The molecule has 0 heterocycles. The third-order valence-electron chi connectivity index (χ3n) is 1.30. The number of rotatable bonds is 2. The smallest absolute Gasteiger partial charge is 0.0360 e. The van der Waals surface area contributed by atoms with Crippen molar-refractivity contribution in [2.45, 2.75) is 6.54 Å². The van der Waals surface area contributed by atoms with E-state index >= 15 is 0 Å². The van der Waals surface area contributed by atoms with Gasteiger partial charge < -0.3 is 0 Å². The average Bonchev–Trinajstić information content (AvgIpc) is 1.98. The molecule has 3 N–H and O–H groups in total. The minimum atomic E-state index is 0.667. The van der Waals surface area contributed by atoms with E-state index in [4.69, 9.17) is 5.84 Å². The first-order chi connectivity index (χ1) is 5.24. The topological polar surface area (TPSA) is 38.0 Å². The van der Waals surface area contributed by atoms with E-state index in [1.165, 1.54) is 0 Å². The molecule has 0 radical (unpaired) electrons. The Labute approximate surface area is 82.4 Å². The average molecular weight is 280 g/mol. The van der Waals surface area contributed by atoms with Crippen molar-refractivity contribution in [2.24, 2.45) is 5.84 Å². The van der Waals surface area contributed by atoms with Crippen LogP contribution in [0.5, 0.6) is 0 Å². The van der Waals surface area contributed by atoms with Gasteiger partial charge >= 0.3 is 0 Å². The predicted octanol–water partition coefficient (Wildman–Crippen LogP) is 2.17. The lowest BCUT2D eigenvalue weighted by Gasteiger charge is -2.02. The molecule has 0 spiro atoms. The molecule has 0 bridgehead atoms. The third-order valence-corrected chi connectivity index (χ3v) is 2.57. The van der Waals surface area contributed by atoms with Crippen LogP contribution in [0.4, 0.5) is 0 Å². The quantitative estimate of drug-likeness (QED) is 0.643. The molecule has 0 fully saturated rings. The molecule has 0 saturated carbocycles.